The summed E-state index contributed by atoms with van der Waals surface area (Å²) in [5.74, 6) is -2.82. The number of hydrogen-bond acceptors (Lipinski definition) is 8. The molecule has 0 saturated carbocycles. The Morgan fingerprint density at radius 2 is 1.81 bits per heavy atom. The number of allylic oxidation sites excluding steroid dienone is 1. The molecule has 136 valence electrons. The van der Waals surface area contributed by atoms with Crippen LogP contribution in [0.25, 0.3) is 0 Å². The summed E-state index contributed by atoms with van der Waals surface area (Å²) in [5.41, 5.74) is -1.34. The van der Waals surface area contributed by atoms with Gasteiger partial charge in [0.15, 0.2) is 0 Å². The normalized spacial score (nSPS) is 16.4. The fourth-order valence-electron chi connectivity index (χ4n) is 2.12. The highest BCUT2D eigenvalue weighted by atomic mass is 33.1. The predicted octanol–water partition coefficient (Wildman–Crippen LogP) is 2.98. The summed E-state index contributed by atoms with van der Waals surface area (Å²) in [6.45, 7) is 0. The highest BCUT2D eigenvalue weighted by molar-refractivity contribution is 8.78. The molecule has 0 bridgehead atoms. The largest absolute Gasteiger partial charge is 0.478 e. The molecule has 0 amide bonds. The molecule has 0 spiro atoms. The topological polar surface area (TPSA) is 161 Å². The fraction of sp³-hybridized carbons (Fsp3) is 0.143. The van der Waals surface area contributed by atoms with Crippen LogP contribution in [0.15, 0.2) is 45.7 Å². The second-order valence-electron chi connectivity index (χ2n) is 4.96. The third kappa shape index (κ3) is 4.40. The molecule has 0 heterocycles. The van der Waals surface area contributed by atoms with Gasteiger partial charge in [-0.3, -0.25) is 20.2 Å². The lowest BCUT2D eigenvalue weighted by molar-refractivity contribution is -0.510. The van der Waals surface area contributed by atoms with Crippen molar-refractivity contribution in [2.75, 3.05) is 0 Å². The lowest BCUT2D eigenvalue weighted by Crippen LogP contribution is -2.27. The van der Waals surface area contributed by atoms with Gasteiger partial charge in [0.1, 0.15) is 11.1 Å². The van der Waals surface area contributed by atoms with Crippen molar-refractivity contribution in [2.24, 2.45) is 0 Å². The van der Waals surface area contributed by atoms with Crippen LogP contribution in [-0.2, 0) is 4.79 Å². The van der Waals surface area contributed by atoms with Crippen molar-refractivity contribution in [1.29, 1.82) is 0 Å². The number of carboxylic acid groups (broad SMARTS) is 2. The lowest BCUT2D eigenvalue weighted by Gasteiger charge is -2.14. The van der Waals surface area contributed by atoms with Crippen molar-refractivity contribution in [3.05, 3.63) is 66.6 Å². The SMILES string of the molecule is O=C(O)C1=CC(SSc2ccc([N+](=O)[O-])c(C(=O)O)c2)=CCC1[N+](=O)[O-]. The summed E-state index contributed by atoms with van der Waals surface area (Å²) in [6, 6.07) is 2.26. The van der Waals surface area contributed by atoms with Crippen LogP contribution in [0.3, 0.4) is 0 Å². The number of aromatic carboxylic acids is 1. The smallest absolute Gasteiger partial charge is 0.342 e. The van der Waals surface area contributed by atoms with E-state index in [1.54, 1.807) is 0 Å². The van der Waals surface area contributed by atoms with Gasteiger partial charge in [-0.05, 0) is 18.2 Å². The minimum Gasteiger partial charge on any atom is -0.478 e. The van der Waals surface area contributed by atoms with Gasteiger partial charge in [-0.15, -0.1) is 0 Å². The van der Waals surface area contributed by atoms with Crippen LogP contribution in [0.5, 0.6) is 0 Å². The van der Waals surface area contributed by atoms with Gasteiger partial charge in [0.2, 0.25) is 6.04 Å². The molecule has 0 aromatic heterocycles. The number of benzene rings is 1. The first-order valence-corrected chi connectivity index (χ1v) is 9.00. The van der Waals surface area contributed by atoms with Crippen LogP contribution in [0.1, 0.15) is 16.8 Å². The molecule has 0 aliphatic heterocycles. The van der Waals surface area contributed by atoms with Crippen molar-refractivity contribution in [2.45, 2.75) is 17.4 Å². The summed E-state index contributed by atoms with van der Waals surface area (Å²) in [5, 5.41) is 39.9. The maximum Gasteiger partial charge on any atom is 0.342 e. The quantitative estimate of drug-likeness (QED) is 0.397. The molecule has 2 rings (SSSR count). The van der Waals surface area contributed by atoms with E-state index in [0.717, 1.165) is 33.7 Å². The predicted molar refractivity (Wildman–Crippen MR) is 92.7 cm³/mol. The number of nitro benzene ring substituents is 1. The molecule has 1 aliphatic carbocycles. The Morgan fingerprint density at radius 3 is 2.35 bits per heavy atom. The molecule has 1 aromatic rings. The second-order valence-corrected chi connectivity index (χ2v) is 7.23. The van der Waals surface area contributed by atoms with Gasteiger partial charge >= 0.3 is 11.9 Å². The Morgan fingerprint density at radius 1 is 1.12 bits per heavy atom. The molecule has 1 atom stereocenters. The number of aliphatic carboxylic acids is 1. The number of nitrogens with zero attached hydrogens (tertiary/aromatic N) is 2. The third-order valence-corrected chi connectivity index (χ3v) is 5.74. The lowest BCUT2D eigenvalue weighted by atomic mass is 10.00. The zero-order valence-corrected chi connectivity index (χ0v) is 14.4. The zero-order valence-electron chi connectivity index (χ0n) is 12.7. The molecule has 10 nitrogen and oxygen atoms in total. The van der Waals surface area contributed by atoms with Crippen molar-refractivity contribution >= 4 is 39.2 Å². The summed E-state index contributed by atoms with van der Waals surface area (Å²) in [4.78, 5) is 43.4. The Bertz CT molecular complexity index is 865. The highest BCUT2D eigenvalue weighted by Crippen LogP contribution is 2.41. The number of carboxylic acids is 2. The third-order valence-electron chi connectivity index (χ3n) is 3.33. The molecule has 1 unspecified atom stereocenters. The van der Waals surface area contributed by atoms with Crippen molar-refractivity contribution in [3.63, 3.8) is 0 Å². The standard InChI is InChI=1S/C14H10N2O8S2/c17-13(18)9-5-7(1-3-11(9)15(21)22)25-26-8-2-4-12(16(23)24)10(6-8)14(19)20/h1-3,5-6,12H,4H2,(H,17,18)(H,19,20). The van der Waals surface area contributed by atoms with E-state index in [9.17, 15) is 29.8 Å². The monoisotopic (exact) mass is 398 g/mol. The van der Waals surface area contributed by atoms with Crippen molar-refractivity contribution < 1.29 is 29.6 Å². The molecule has 26 heavy (non-hydrogen) atoms. The molecule has 1 aliphatic rings. The summed E-state index contributed by atoms with van der Waals surface area (Å²) < 4.78 is 0. The average Bonchev–Trinajstić information content (AvgIpc) is 2.59. The summed E-state index contributed by atoms with van der Waals surface area (Å²) >= 11 is 0. The van der Waals surface area contributed by atoms with E-state index in [1.165, 1.54) is 18.2 Å². The Labute approximate surface area is 153 Å². The number of rotatable bonds is 7. The van der Waals surface area contributed by atoms with E-state index >= 15 is 0 Å². The van der Waals surface area contributed by atoms with Gasteiger partial charge in [-0.1, -0.05) is 27.7 Å². The summed E-state index contributed by atoms with van der Waals surface area (Å²) in [7, 11) is 2.13. The van der Waals surface area contributed by atoms with Crippen LogP contribution in [0.2, 0.25) is 0 Å². The molecule has 12 heteroatoms. The molecule has 0 saturated heterocycles. The van der Waals surface area contributed by atoms with Crippen molar-refractivity contribution in [3.8, 4) is 0 Å². The number of hydrogen-bond donors (Lipinski definition) is 2. The van der Waals surface area contributed by atoms with Gasteiger partial charge in [-0.25, -0.2) is 9.59 Å². The molecular weight excluding hydrogens is 388 g/mol. The highest BCUT2D eigenvalue weighted by Gasteiger charge is 2.32. The number of carbonyl (C=O) groups is 2. The summed E-state index contributed by atoms with van der Waals surface area (Å²) in [6.07, 6.45) is 2.64. The van der Waals surface area contributed by atoms with E-state index in [2.05, 4.69) is 0 Å². The Kier molecular flexibility index (Phi) is 6.00. The first-order valence-electron chi connectivity index (χ1n) is 6.85. The molecule has 0 radical (unpaired) electrons. The molecular formula is C14H10N2O8S2. The van der Waals surface area contributed by atoms with Crippen LogP contribution in [-0.4, -0.2) is 38.0 Å². The fourth-order valence-corrected chi connectivity index (χ4v) is 4.18. The van der Waals surface area contributed by atoms with Crippen LogP contribution in [0.4, 0.5) is 5.69 Å². The maximum atomic E-state index is 11.2. The maximum absolute atomic E-state index is 11.2. The minimum atomic E-state index is -1.44. The zero-order chi connectivity index (χ0) is 19.4. The van der Waals surface area contributed by atoms with Crippen LogP contribution >= 0.6 is 21.6 Å². The van der Waals surface area contributed by atoms with E-state index in [-0.39, 0.29) is 12.0 Å². The second kappa shape index (κ2) is 8.01. The first kappa shape index (κ1) is 19.5. The van der Waals surface area contributed by atoms with E-state index in [0.29, 0.717) is 9.80 Å². The molecule has 0 fully saturated rings. The van der Waals surface area contributed by atoms with Gasteiger partial charge in [0.25, 0.3) is 5.69 Å². The van der Waals surface area contributed by atoms with Gasteiger partial charge in [-0.2, -0.15) is 0 Å². The van der Waals surface area contributed by atoms with Gasteiger partial charge in [0, 0.05) is 27.2 Å². The van der Waals surface area contributed by atoms with E-state index in [1.807, 2.05) is 0 Å². The first-order chi connectivity index (χ1) is 12.2. The molecule has 1 aromatic carbocycles. The van der Waals surface area contributed by atoms with Crippen molar-refractivity contribution in [1.82, 2.24) is 0 Å². The van der Waals surface area contributed by atoms with Crippen LogP contribution in [0, 0.1) is 20.2 Å². The van der Waals surface area contributed by atoms with Gasteiger partial charge in [0.05, 0.1) is 4.92 Å². The van der Waals surface area contributed by atoms with Gasteiger partial charge < -0.3 is 10.2 Å². The van der Waals surface area contributed by atoms with E-state index in [4.69, 9.17) is 10.2 Å². The Balaban J connectivity index is 2.18. The Hall–Kier alpha value is -2.86. The minimum absolute atomic E-state index is 0.0747. The molecule has 2 N–H and O–H groups in total. The number of nitro groups is 2. The average molecular weight is 398 g/mol. The van der Waals surface area contributed by atoms with Crippen LogP contribution < -0.4 is 0 Å². The van der Waals surface area contributed by atoms with E-state index < -0.39 is 39.1 Å².